The van der Waals surface area contributed by atoms with Crippen molar-refractivity contribution in [2.75, 3.05) is 32.8 Å². The molecule has 1 atom stereocenters. The van der Waals surface area contributed by atoms with Crippen molar-refractivity contribution in [2.45, 2.75) is 18.9 Å². The molecule has 9 heteroatoms. The normalized spacial score (nSPS) is 20.9. The van der Waals surface area contributed by atoms with Gasteiger partial charge in [-0.05, 0) is 18.9 Å². The van der Waals surface area contributed by atoms with Crippen LogP contribution in [0.1, 0.15) is 23.2 Å². The Kier molecular flexibility index (Phi) is 4.94. The molecule has 25 heavy (non-hydrogen) atoms. The van der Waals surface area contributed by atoms with E-state index in [-0.39, 0.29) is 32.1 Å². The molecule has 2 amide bonds. The number of carbonyl (C=O) groups is 2. The van der Waals surface area contributed by atoms with Crippen LogP contribution in [0.15, 0.2) is 6.07 Å². The Morgan fingerprint density at radius 1 is 0.960 bits per heavy atom. The van der Waals surface area contributed by atoms with Crippen LogP contribution in [0, 0.1) is 23.3 Å². The van der Waals surface area contributed by atoms with Crippen molar-refractivity contribution in [3.05, 3.63) is 34.9 Å². The van der Waals surface area contributed by atoms with Gasteiger partial charge in [0.1, 0.15) is 6.10 Å². The molecule has 0 radical (unpaired) electrons. The van der Waals surface area contributed by atoms with Gasteiger partial charge in [0, 0.05) is 32.8 Å². The Labute approximate surface area is 141 Å². The molecule has 2 aliphatic heterocycles. The van der Waals surface area contributed by atoms with Crippen molar-refractivity contribution in [1.82, 2.24) is 9.80 Å². The molecule has 2 fully saturated rings. The minimum Gasteiger partial charge on any atom is -0.368 e. The lowest BCUT2D eigenvalue weighted by Crippen LogP contribution is -2.53. The van der Waals surface area contributed by atoms with Crippen molar-refractivity contribution in [3.63, 3.8) is 0 Å². The van der Waals surface area contributed by atoms with E-state index in [1.54, 1.807) is 4.90 Å². The number of halogens is 4. The molecule has 0 unspecified atom stereocenters. The highest BCUT2D eigenvalue weighted by Gasteiger charge is 2.33. The number of carbonyl (C=O) groups excluding carboxylic acids is 2. The van der Waals surface area contributed by atoms with Gasteiger partial charge in [0.15, 0.2) is 23.3 Å². The summed E-state index contributed by atoms with van der Waals surface area (Å²) in [5, 5.41) is 0. The van der Waals surface area contributed by atoms with E-state index in [0.29, 0.717) is 19.1 Å². The van der Waals surface area contributed by atoms with Crippen molar-refractivity contribution in [2.24, 2.45) is 0 Å². The molecule has 5 nitrogen and oxygen atoms in total. The summed E-state index contributed by atoms with van der Waals surface area (Å²) >= 11 is 0. The first-order chi connectivity index (χ1) is 11.9. The lowest BCUT2D eigenvalue weighted by molar-refractivity contribution is -0.142. The molecule has 0 aromatic heterocycles. The van der Waals surface area contributed by atoms with E-state index in [2.05, 4.69) is 0 Å². The van der Waals surface area contributed by atoms with Gasteiger partial charge >= 0.3 is 0 Å². The number of nitrogens with zero attached hydrogens (tertiary/aromatic N) is 2. The summed E-state index contributed by atoms with van der Waals surface area (Å²) < 4.78 is 58.6. The first kappa shape index (κ1) is 17.7. The second kappa shape index (κ2) is 6.99. The average molecular weight is 360 g/mol. The third-order valence-electron chi connectivity index (χ3n) is 4.42. The average Bonchev–Trinajstić information content (AvgIpc) is 3.16. The molecule has 0 bridgehead atoms. The number of hydrogen-bond donors (Lipinski definition) is 0. The fourth-order valence-electron chi connectivity index (χ4n) is 3.00. The maximum atomic E-state index is 13.7. The van der Waals surface area contributed by atoms with Gasteiger partial charge in [-0.2, -0.15) is 0 Å². The van der Waals surface area contributed by atoms with Crippen LogP contribution in [0.2, 0.25) is 0 Å². The van der Waals surface area contributed by atoms with E-state index in [9.17, 15) is 27.2 Å². The second-order valence-corrected chi connectivity index (χ2v) is 5.97. The minimum atomic E-state index is -2.02. The summed E-state index contributed by atoms with van der Waals surface area (Å²) in [4.78, 5) is 27.2. The van der Waals surface area contributed by atoms with Crippen LogP contribution in [-0.2, 0) is 9.53 Å². The fourth-order valence-corrected chi connectivity index (χ4v) is 3.00. The second-order valence-electron chi connectivity index (χ2n) is 5.97. The van der Waals surface area contributed by atoms with Crippen LogP contribution in [-0.4, -0.2) is 60.5 Å². The SMILES string of the molecule is O=C(c1cc(F)c(F)c(F)c1F)N1CCN(C(=O)[C@H]2CCCO2)CC1. The molecule has 1 aromatic rings. The minimum absolute atomic E-state index is 0.0807. The van der Waals surface area contributed by atoms with Crippen LogP contribution in [0.5, 0.6) is 0 Å². The van der Waals surface area contributed by atoms with Gasteiger partial charge in [0.05, 0.1) is 5.56 Å². The van der Waals surface area contributed by atoms with E-state index in [1.807, 2.05) is 0 Å². The summed E-state index contributed by atoms with van der Waals surface area (Å²) in [6.45, 7) is 1.11. The van der Waals surface area contributed by atoms with Gasteiger partial charge in [-0.1, -0.05) is 0 Å². The van der Waals surface area contributed by atoms with Crippen LogP contribution >= 0.6 is 0 Å². The molecule has 136 valence electrons. The number of benzene rings is 1. The Bertz CT molecular complexity index is 699. The predicted octanol–water partition coefficient (Wildman–Crippen LogP) is 1.71. The van der Waals surface area contributed by atoms with Gasteiger partial charge in [-0.25, -0.2) is 17.6 Å². The summed E-state index contributed by atoms with van der Waals surface area (Å²) in [5.41, 5.74) is -0.865. The lowest BCUT2D eigenvalue weighted by Gasteiger charge is -2.35. The highest BCUT2D eigenvalue weighted by atomic mass is 19.2. The van der Waals surface area contributed by atoms with Gasteiger partial charge in [-0.3, -0.25) is 9.59 Å². The molecule has 2 aliphatic rings. The predicted molar refractivity (Wildman–Crippen MR) is 77.7 cm³/mol. The topological polar surface area (TPSA) is 49.9 Å². The Morgan fingerprint density at radius 3 is 2.20 bits per heavy atom. The molecule has 3 rings (SSSR count). The van der Waals surface area contributed by atoms with Crippen molar-refractivity contribution in [1.29, 1.82) is 0 Å². The maximum absolute atomic E-state index is 13.7. The summed E-state index contributed by atoms with van der Waals surface area (Å²) in [7, 11) is 0. The standard InChI is InChI=1S/C16H16F4N2O3/c17-10-8-9(12(18)14(20)13(10)19)15(23)21-3-5-22(6-4-21)16(24)11-2-1-7-25-11/h8,11H,1-7H2/t11-/m1/s1. The zero-order valence-electron chi connectivity index (χ0n) is 13.2. The molecular formula is C16H16F4N2O3. The van der Waals surface area contributed by atoms with E-state index >= 15 is 0 Å². The van der Waals surface area contributed by atoms with Crippen LogP contribution in [0.3, 0.4) is 0 Å². The highest BCUT2D eigenvalue weighted by Crippen LogP contribution is 2.21. The summed E-state index contributed by atoms with van der Waals surface area (Å²) in [6.07, 6.45) is 0.993. The largest absolute Gasteiger partial charge is 0.368 e. The lowest BCUT2D eigenvalue weighted by atomic mass is 10.1. The molecule has 0 saturated carbocycles. The van der Waals surface area contributed by atoms with Gasteiger partial charge in [0.25, 0.3) is 11.8 Å². The first-order valence-corrected chi connectivity index (χ1v) is 7.92. The quantitative estimate of drug-likeness (QED) is 0.458. The molecule has 2 heterocycles. The number of hydrogen-bond acceptors (Lipinski definition) is 3. The summed E-state index contributed by atoms with van der Waals surface area (Å²) in [5.74, 6) is -8.43. The molecule has 1 aromatic carbocycles. The molecule has 0 spiro atoms. The fraction of sp³-hybridized carbons (Fsp3) is 0.500. The number of amides is 2. The van der Waals surface area contributed by atoms with Gasteiger partial charge in [-0.15, -0.1) is 0 Å². The molecule has 0 N–H and O–H groups in total. The summed E-state index contributed by atoms with van der Waals surface area (Å²) in [6, 6.07) is 0.347. The zero-order valence-corrected chi connectivity index (χ0v) is 13.2. The van der Waals surface area contributed by atoms with Crippen molar-refractivity contribution in [3.8, 4) is 0 Å². The first-order valence-electron chi connectivity index (χ1n) is 7.92. The van der Waals surface area contributed by atoms with E-state index in [1.165, 1.54) is 4.90 Å². The van der Waals surface area contributed by atoms with E-state index in [4.69, 9.17) is 4.74 Å². The van der Waals surface area contributed by atoms with Crippen LogP contribution in [0.4, 0.5) is 17.6 Å². The number of ether oxygens (including phenoxy) is 1. The number of piperazine rings is 1. The van der Waals surface area contributed by atoms with Crippen molar-refractivity contribution >= 4 is 11.8 Å². The third kappa shape index (κ3) is 3.33. The molecule has 0 aliphatic carbocycles. The van der Waals surface area contributed by atoms with Crippen molar-refractivity contribution < 1.29 is 31.9 Å². The third-order valence-corrected chi connectivity index (χ3v) is 4.42. The Hall–Kier alpha value is -2.16. The number of rotatable bonds is 2. The van der Waals surface area contributed by atoms with Crippen LogP contribution in [0.25, 0.3) is 0 Å². The van der Waals surface area contributed by atoms with E-state index in [0.717, 1.165) is 6.42 Å². The van der Waals surface area contributed by atoms with Gasteiger partial charge < -0.3 is 14.5 Å². The smallest absolute Gasteiger partial charge is 0.257 e. The zero-order chi connectivity index (χ0) is 18.1. The monoisotopic (exact) mass is 360 g/mol. The van der Waals surface area contributed by atoms with Gasteiger partial charge in [0.2, 0.25) is 0 Å². The Balaban J connectivity index is 1.67. The molecule has 2 saturated heterocycles. The van der Waals surface area contributed by atoms with Crippen LogP contribution < -0.4 is 0 Å². The Morgan fingerprint density at radius 2 is 1.60 bits per heavy atom. The van der Waals surface area contributed by atoms with E-state index < -0.39 is 40.8 Å². The molecular weight excluding hydrogens is 344 g/mol. The highest BCUT2D eigenvalue weighted by molar-refractivity contribution is 5.94. The maximum Gasteiger partial charge on any atom is 0.257 e.